The van der Waals surface area contributed by atoms with Crippen molar-refractivity contribution in [3.8, 4) is 12.3 Å². The summed E-state index contributed by atoms with van der Waals surface area (Å²) in [6.45, 7) is -0.0486. The van der Waals surface area contributed by atoms with E-state index in [-0.39, 0.29) is 13.2 Å². The van der Waals surface area contributed by atoms with Gasteiger partial charge in [0.05, 0.1) is 19.3 Å². The van der Waals surface area contributed by atoms with E-state index in [1.165, 1.54) is 0 Å². The van der Waals surface area contributed by atoms with Gasteiger partial charge in [-0.05, 0) is 17.7 Å². The summed E-state index contributed by atoms with van der Waals surface area (Å²) in [5.41, 5.74) is 1.56. The Morgan fingerprint density at radius 1 is 1.44 bits per heavy atom. The smallest absolute Gasteiger partial charge is 0.346 e. The first-order valence-electron chi connectivity index (χ1n) is 7.58. The van der Waals surface area contributed by atoms with Gasteiger partial charge >= 0.3 is 5.97 Å². The third-order valence-electron chi connectivity index (χ3n) is 3.94. The van der Waals surface area contributed by atoms with Gasteiger partial charge in [-0.3, -0.25) is 0 Å². The number of carbonyl (C=O) groups is 1. The highest BCUT2D eigenvalue weighted by atomic mass is 32.1. The number of aliphatic carboxylic acids is 1. The molecule has 2 rings (SSSR count). The lowest BCUT2D eigenvalue weighted by molar-refractivity contribution is -0.223. The van der Waals surface area contributed by atoms with Crippen LogP contribution in [0.2, 0.25) is 0 Å². The molecule has 0 aromatic heterocycles. The Hall–Kier alpha value is -1.60. The van der Waals surface area contributed by atoms with E-state index in [9.17, 15) is 20.1 Å². The Morgan fingerprint density at radius 2 is 2.08 bits per heavy atom. The summed E-state index contributed by atoms with van der Waals surface area (Å²) in [4.78, 5) is 9.24. The monoisotopic (exact) mass is 368 g/mol. The summed E-state index contributed by atoms with van der Waals surface area (Å²) in [6.07, 6.45) is -0.669. The minimum atomic E-state index is -1.99. The van der Waals surface area contributed by atoms with Crippen LogP contribution in [0.1, 0.15) is 17.5 Å². The zero-order valence-corrected chi connectivity index (χ0v) is 14.2. The highest BCUT2D eigenvalue weighted by molar-refractivity contribution is 7.82. The molecular weight excluding hydrogens is 348 g/mol. The second-order valence-corrected chi connectivity index (χ2v) is 6.58. The second-order valence-electron chi connectivity index (χ2n) is 5.86. The maximum Gasteiger partial charge on any atom is 0.346 e. The molecule has 1 aromatic carbocycles. The summed E-state index contributed by atoms with van der Waals surface area (Å²) >= 11 is 3.90. The van der Waals surface area contributed by atoms with Crippen LogP contribution in [0, 0.1) is 12.3 Å². The zero-order valence-electron chi connectivity index (χ0n) is 13.3. The molecule has 8 heteroatoms. The van der Waals surface area contributed by atoms with E-state index in [0.29, 0.717) is 0 Å². The number of carboxylic acids is 1. The number of hydrogen-bond donors (Lipinski definition) is 5. The number of terminal acetylenes is 1. The summed E-state index contributed by atoms with van der Waals surface area (Å²) in [7, 11) is 0. The lowest BCUT2D eigenvalue weighted by Crippen LogP contribution is -2.59. The van der Waals surface area contributed by atoms with E-state index in [1.54, 1.807) is 24.3 Å². The van der Waals surface area contributed by atoms with Gasteiger partial charge in [-0.1, -0.05) is 18.1 Å². The van der Waals surface area contributed by atoms with E-state index in [1.807, 2.05) is 0 Å². The number of aliphatic hydroxyl groups is 3. The van der Waals surface area contributed by atoms with Crippen LogP contribution in [0.15, 0.2) is 24.3 Å². The Bertz CT molecular complexity index is 641. The highest BCUT2D eigenvalue weighted by Gasteiger charge is 2.51. The fourth-order valence-electron chi connectivity index (χ4n) is 2.50. The highest BCUT2D eigenvalue weighted by Crippen LogP contribution is 2.34. The van der Waals surface area contributed by atoms with Crippen molar-refractivity contribution in [3.63, 3.8) is 0 Å². The number of ether oxygens (including phenoxy) is 2. The van der Waals surface area contributed by atoms with Crippen LogP contribution in [0.25, 0.3) is 0 Å². The topological polar surface area (TPSA) is 116 Å². The Labute approximate surface area is 150 Å². The SMILES string of the molecule is C#Cc1ccc(COC[C@@H](O)C2O[C@@](S)(C(=O)O)CC(O)[C@H]2O)cc1. The van der Waals surface area contributed by atoms with E-state index >= 15 is 0 Å². The van der Waals surface area contributed by atoms with Crippen molar-refractivity contribution >= 4 is 18.6 Å². The van der Waals surface area contributed by atoms with E-state index in [4.69, 9.17) is 21.0 Å². The maximum atomic E-state index is 11.2. The predicted molar refractivity (Wildman–Crippen MR) is 90.9 cm³/mol. The molecule has 1 saturated heterocycles. The van der Waals surface area contributed by atoms with E-state index < -0.39 is 41.7 Å². The standard InChI is InChI=1S/C17H20O7S/c1-2-10-3-5-11(6-4-10)8-23-9-13(19)15-14(20)12(18)7-17(25,24-15)16(21)22/h1,3-6,12-15,18-20,25H,7-9H2,(H,21,22)/t12?,13-,14-,15?,17+/m1/s1. The van der Waals surface area contributed by atoms with Crippen LogP contribution < -0.4 is 0 Å². The second kappa shape index (κ2) is 8.19. The predicted octanol–water partition coefficient (Wildman–Crippen LogP) is -0.233. The normalized spacial score (nSPS) is 30.4. The molecule has 1 aliphatic heterocycles. The quantitative estimate of drug-likeness (QED) is 0.348. The molecular formula is C17H20O7S. The Balaban J connectivity index is 1.93. The van der Waals surface area contributed by atoms with Crippen LogP contribution in [0.4, 0.5) is 0 Å². The molecule has 1 aromatic rings. The van der Waals surface area contributed by atoms with Crippen molar-refractivity contribution in [2.45, 2.75) is 42.4 Å². The van der Waals surface area contributed by atoms with Crippen molar-refractivity contribution < 1.29 is 34.7 Å². The van der Waals surface area contributed by atoms with Crippen LogP contribution in [0.3, 0.4) is 0 Å². The van der Waals surface area contributed by atoms with Gasteiger partial charge < -0.3 is 29.9 Å². The van der Waals surface area contributed by atoms with Gasteiger partial charge in [-0.25, -0.2) is 4.79 Å². The summed E-state index contributed by atoms with van der Waals surface area (Å²) < 4.78 is 10.6. The van der Waals surface area contributed by atoms with Gasteiger partial charge in [0.1, 0.15) is 18.3 Å². The lowest BCUT2D eigenvalue weighted by atomic mass is 9.94. The van der Waals surface area contributed by atoms with Crippen LogP contribution in [0.5, 0.6) is 0 Å². The first-order valence-corrected chi connectivity index (χ1v) is 8.02. The number of benzene rings is 1. The summed E-state index contributed by atoms with van der Waals surface area (Å²) in [5, 5.41) is 39.1. The minimum Gasteiger partial charge on any atom is -0.478 e. The third-order valence-corrected chi connectivity index (χ3v) is 4.42. The number of hydrogen-bond acceptors (Lipinski definition) is 7. The van der Waals surface area contributed by atoms with Gasteiger partial charge in [0.2, 0.25) is 4.93 Å². The van der Waals surface area contributed by atoms with Crippen LogP contribution in [-0.4, -0.2) is 62.4 Å². The molecule has 0 radical (unpaired) electrons. The molecule has 0 aliphatic carbocycles. The van der Waals surface area contributed by atoms with Gasteiger partial charge in [-0.2, -0.15) is 0 Å². The lowest BCUT2D eigenvalue weighted by Gasteiger charge is -2.42. The molecule has 0 bridgehead atoms. The number of carboxylic acid groups (broad SMARTS) is 1. The van der Waals surface area contributed by atoms with Crippen LogP contribution in [-0.2, 0) is 20.9 Å². The molecule has 4 N–H and O–H groups in total. The van der Waals surface area contributed by atoms with Crippen molar-refractivity contribution in [2.24, 2.45) is 0 Å². The zero-order chi connectivity index (χ0) is 18.6. The van der Waals surface area contributed by atoms with E-state index in [0.717, 1.165) is 11.1 Å². The average Bonchev–Trinajstić information content (AvgIpc) is 2.58. The fraction of sp³-hybridized carbons (Fsp3) is 0.471. The molecule has 7 nitrogen and oxygen atoms in total. The minimum absolute atomic E-state index is 0.179. The fourth-order valence-corrected chi connectivity index (χ4v) is 2.81. The number of thiol groups is 1. The first-order chi connectivity index (χ1) is 11.8. The average molecular weight is 368 g/mol. The Kier molecular flexibility index (Phi) is 6.46. The molecule has 0 saturated carbocycles. The van der Waals surface area contributed by atoms with Crippen molar-refractivity contribution in [1.82, 2.24) is 0 Å². The van der Waals surface area contributed by atoms with Gasteiger partial charge in [0, 0.05) is 12.0 Å². The van der Waals surface area contributed by atoms with Crippen LogP contribution >= 0.6 is 12.6 Å². The van der Waals surface area contributed by atoms with Crippen molar-refractivity contribution in [3.05, 3.63) is 35.4 Å². The molecule has 2 unspecified atom stereocenters. The summed E-state index contributed by atoms with van der Waals surface area (Å²) in [6, 6.07) is 7.06. The van der Waals surface area contributed by atoms with Gasteiger partial charge in [0.15, 0.2) is 0 Å². The molecule has 1 heterocycles. The molecule has 25 heavy (non-hydrogen) atoms. The molecule has 1 fully saturated rings. The molecule has 0 spiro atoms. The third kappa shape index (κ3) is 4.73. The number of rotatable bonds is 6. The van der Waals surface area contributed by atoms with E-state index in [2.05, 4.69) is 18.5 Å². The van der Waals surface area contributed by atoms with Crippen molar-refractivity contribution in [1.29, 1.82) is 0 Å². The molecule has 1 aliphatic rings. The number of aliphatic hydroxyl groups excluding tert-OH is 3. The Morgan fingerprint density at radius 3 is 2.64 bits per heavy atom. The van der Waals surface area contributed by atoms with Gasteiger partial charge in [-0.15, -0.1) is 19.1 Å². The summed E-state index contributed by atoms with van der Waals surface area (Å²) in [5.74, 6) is 1.08. The molecule has 5 atom stereocenters. The first kappa shape index (κ1) is 19.7. The molecule has 136 valence electrons. The maximum absolute atomic E-state index is 11.2. The largest absolute Gasteiger partial charge is 0.478 e. The molecule has 0 amide bonds. The van der Waals surface area contributed by atoms with Crippen molar-refractivity contribution in [2.75, 3.05) is 6.61 Å². The van der Waals surface area contributed by atoms with Gasteiger partial charge in [0.25, 0.3) is 0 Å².